The van der Waals surface area contributed by atoms with E-state index in [1.165, 1.54) is 24.4 Å². The molecule has 0 unspecified atom stereocenters. The van der Waals surface area contributed by atoms with Crippen LogP contribution in [0.15, 0.2) is 65.7 Å². The van der Waals surface area contributed by atoms with E-state index in [-0.39, 0.29) is 11.6 Å². The largest absolute Gasteiger partial charge is 0.416 e. The Hall–Kier alpha value is -2.94. The monoisotopic (exact) mass is 410 g/mol. The summed E-state index contributed by atoms with van der Waals surface area (Å²) < 4.78 is 78.5. The SMILES string of the molecule is Cc1cc(F)ccc1-c1ccc(NS(=O)(=O)c2cccc(C(F)(F)F)c2)nc1. The van der Waals surface area contributed by atoms with Crippen molar-refractivity contribution in [2.24, 2.45) is 0 Å². The highest BCUT2D eigenvalue weighted by atomic mass is 32.2. The van der Waals surface area contributed by atoms with Crippen molar-refractivity contribution in [1.29, 1.82) is 0 Å². The van der Waals surface area contributed by atoms with E-state index in [0.29, 0.717) is 17.2 Å². The molecule has 1 N–H and O–H groups in total. The van der Waals surface area contributed by atoms with Crippen LogP contribution in [0.5, 0.6) is 0 Å². The van der Waals surface area contributed by atoms with Gasteiger partial charge in [-0.15, -0.1) is 0 Å². The zero-order valence-corrected chi connectivity index (χ0v) is 15.3. The summed E-state index contributed by atoms with van der Waals surface area (Å²) in [7, 11) is -4.25. The molecule has 3 aromatic rings. The average Bonchev–Trinajstić information content (AvgIpc) is 2.62. The van der Waals surface area contributed by atoms with Crippen LogP contribution in [-0.4, -0.2) is 13.4 Å². The summed E-state index contributed by atoms with van der Waals surface area (Å²) in [5.41, 5.74) is 0.977. The molecule has 0 saturated heterocycles. The Labute approximate surface area is 158 Å². The van der Waals surface area contributed by atoms with Crippen molar-refractivity contribution >= 4 is 15.8 Å². The molecule has 1 heterocycles. The molecule has 1 aromatic heterocycles. The van der Waals surface area contributed by atoms with Crippen LogP contribution in [0, 0.1) is 12.7 Å². The molecule has 0 saturated carbocycles. The molecular formula is C19H14F4N2O2S. The van der Waals surface area contributed by atoms with Crippen molar-refractivity contribution in [3.8, 4) is 11.1 Å². The number of halogens is 4. The fraction of sp³-hybridized carbons (Fsp3) is 0.105. The molecule has 0 fully saturated rings. The van der Waals surface area contributed by atoms with Crippen LogP contribution in [0.1, 0.15) is 11.1 Å². The van der Waals surface area contributed by atoms with Gasteiger partial charge in [-0.1, -0.05) is 12.1 Å². The number of nitrogens with zero attached hydrogens (tertiary/aromatic N) is 1. The molecule has 0 aliphatic carbocycles. The van der Waals surface area contributed by atoms with Crippen LogP contribution < -0.4 is 4.72 Å². The van der Waals surface area contributed by atoms with Gasteiger partial charge in [0, 0.05) is 11.8 Å². The Morgan fingerprint density at radius 3 is 2.36 bits per heavy atom. The highest BCUT2D eigenvalue weighted by molar-refractivity contribution is 7.92. The zero-order chi connectivity index (χ0) is 20.5. The van der Waals surface area contributed by atoms with Crippen molar-refractivity contribution < 1.29 is 26.0 Å². The van der Waals surface area contributed by atoms with E-state index in [1.807, 2.05) is 0 Å². The van der Waals surface area contributed by atoms with Crippen molar-refractivity contribution in [1.82, 2.24) is 4.98 Å². The van der Waals surface area contributed by atoms with Crippen LogP contribution >= 0.6 is 0 Å². The first-order valence-corrected chi connectivity index (χ1v) is 9.47. The number of sulfonamides is 1. The third-order valence-electron chi connectivity index (χ3n) is 3.97. The number of rotatable bonds is 4. The molecule has 0 spiro atoms. The molecule has 3 rings (SSSR count). The molecular weight excluding hydrogens is 396 g/mol. The van der Waals surface area contributed by atoms with Crippen molar-refractivity contribution in [2.45, 2.75) is 18.0 Å². The summed E-state index contributed by atoms with van der Waals surface area (Å²) in [6.45, 7) is 1.72. The van der Waals surface area contributed by atoms with Crippen LogP contribution in [0.3, 0.4) is 0 Å². The highest BCUT2D eigenvalue weighted by Crippen LogP contribution is 2.31. The van der Waals surface area contributed by atoms with E-state index < -0.39 is 26.7 Å². The van der Waals surface area contributed by atoms with Gasteiger partial charge in [0.25, 0.3) is 10.0 Å². The van der Waals surface area contributed by atoms with Gasteiger partial charge in [-0.25, -0.2) is 17.8 Å². The van der Waals surface area contributed by atoms with E-state index in [1.54, 1.807) is 19.1 Å². The maximum Gasteiger partial charge on any atom is 0.416 e. The van der Waals surface area contributed by atoms with Gasteiger partial charge < -0.3 is 0 Å². The predicted molar refractivity (Wildman–Crippen MR) is 96.6 cm³/mol. The van der Waals surface area contributed by atoms with E-state index in [0.717, 1.165) is 23.8 Å². The fourth-order valence-electron chi connectivity index (χ4n) is 2.60. The first kappa shape index (κ1) is 19.8. The molecule has 146 valence electrons. The predicted octanol–water partition coefficient (Wildman–Crippen LogP) is 5.02. The number of aryl methyl sites for hydroxylation is 1. The summed E-state index contributed by atoms with van der Waals surface area (Å²) in [6.07, 6.45) is -3.26. The Morgan fingerprint density at radius 2 is 1.75 bits per heavy atom. The van der Waals surface area contributed by atoms with Crippen molar-refractivity contribution in [3.63, 3.8) is 0 Å². The Kier molecular flexibility index (Phi) is 5.12. The third kappa shape index (κ3) is 4.30. The first-order valence-electron chi connectivity index (χ1n) is 7.99. The molecule has 4 nitrogen and oxygen atoms in total. The Morgan fingerprint density at radius 1 is 1.00 bits per heavy atom. The molecule has 28 heavy (non-hydrogen) atoms. The van der Waals surface area contributed by atoms with Crippen LogP contribution in [0.2, 0.25) is 0 Å². The Balaban J connectivity index is 1.85. The molecule has 0 bridgehead atoms. The number of aromatic nitrogens is 1. The van der Waals surface area contributed by atoms with E-state index in [2.05, 4.69) is 9.71 Å². The van der Waals surface area contributed by atoms with Crippen molar-refractivity contribution in [3.05, 3.63) is 77.7 Å². The summed E-state index contributed by atoms with van der Waals surface area (Å²) in [6, 6.07) is 10.6. The molecule has 0 atom stereocenters. The summed E-state index contributed by atoms with van der Waals surface area (Å²) >= 11 is 0. The molecule has 0 aliphatic heterocycles. The molecule has 9 heteroatoms. The van der Waals surface area contributed by atoms with Gasteiger partial charge in [0.2, 0.25) is 0 Å². The van der Waals surface area contributed by atoms with Crippen molar-refractivity contribution in [2.75, 3.05) is 4.72 Å². The van der Waals surface area contributed by atoms with E-state index >= 15 is 0 Å². The summed E-state index contributed by atoms with van der Waals surface area (Å²) in [5.74, 6) is -0.430. The zero-order valence-electron chi connectivity index (χ0n) is 14.5. The summed E-state index contributed by atoms with van der Waals surface area (Å²) in [5, 5.41) is 0. The lowest BCUT2D eigenvalue weighted by Gasteiger charge is -2.11. The second-order valence-electron chi connectivity index (χ2n) is 6.02. The van der Waals surface area contributed by atoms with E-state index in [9.17, 15) is 26.0 Å². The maximum absolute atomic E-state index is 13.2. The van der Waals surface area contributed by atoms with Gasteiger partial charge in [0.15, 0.2) is 0 Å². The molecule has 0 radical (unpaired) electrons. The van der Waals surface area contributed by atoms with Gasteiger partial charge in [-0.2, -0.15) is 13.2 Å². The number of benzene rings is 2. The lowest BCUT2D eigenvalue weighted by Crippen LogP contribution is -2.15. The number of pyridine rings is 1. The van der Waals surface area contributed by atoms with Crippen LogP contribution in [0.4, 0.5) is 23.4 Å². The lowest BCUT2D eigenvalue weighted by molar-refractivity contribution is -0.137. The minimum Gasteiger partial charge on any atom is -0.263 e. The van der Waals surface area contributed by atoms with Crippen LogP contribution in [-0.2, 0) is 16.2 Å². The van der Waals surface area contributed by atoms with Gasteiger partial charge in [-0.05, 0) is 60.5 Å². The fourth-order valence-corrected chi connectivity index (χ4v) is 3.65. The number of anilines is 1. The molecule has 0 aliphatic rings. The molecule has 0 amide bonds. The smallest absolute Gasteiger partial charge is 0.263 e. The number of nitrogens with one attached hydrogen (secondary N) is 1. The lowest BCUT2D eigenvalue weighted by atomic mass is 10.0. The number of hydrogen-bond acceptors (Lipinski definition) is 3. The second kappa shape index (κ2) is 7.23. The Bertz CT molecular complexity index is 1110. The van der Waals surface area contributed by atoms with Gasteiger partial charge in [0.05, 0.1) is 10.5 Å². The second-order valence-corrected chi connectivity index (χ2v) is 7.70. The van der Waals surface area contributed by atoms with Gasteiger partial charge in [-0.3, -0.25) is 4.72 Å². The normalized spacial score (nSPS) is 12.0. The van der Waals surface area contributed by atoms with Crippen LogP contribution in [0.25, 0.3) is 11.1 Å². The average molecular weight is 410 g/mol. The molecule has 2 aromatic carbocycles. The maximum atomic E-state index is 13.2. The minimum absolute atomic E-state index is 0.0547. The van der Waals surface area contributed by atoms with E-state index in [4.69, 9.17) is 0 Å². The summed E-state index contributed by atoms with van der Waals surface area (Å²) in [4.78, 5) is 3.47. The number of hydrogen-bond donors (Lipinski definition) is 1. The van der Waals surface area contributed by atoms with Gasteiger partial charge >= 0.3 is 6.18 Å². The third-order valence-corrected chi connectivity index (χ3v) is 5.33. The minimum atomic E-state index is -4.65. The topological polar surface area (TPSA) is 59.1 Å². The quantitative estimate of drug-likeness (QED) is 0.615. The highest BCUT2D eigenvalue weighted by Gasteiger charge is 2.31. The standard InChI is InChI=1S/C19H14F4N2O2S/c1-12-9-15(20)6-7-17(12)13-5-8-18(24-11-13)25-28(26,27)16-4-2-3-14(10-16)19(21,22)23/h2-11H,1H3,(H,24,25). The first-order chi connectivity index (χ1) is 13.1. The van der Waals surface area contributed by atoms with Gasteiger partial charge in [0.1, 0.15) is 11.6 Å². The number of alkyl halides is 3.